The summed E-state index contributed by atoms with van der Waals surface area (Å²) >= 11 is 0. The first-order chi connectivity index (χ1) is 10.6. The van der Waals surface area contributed by atoms with E-state index in [1.54, 1.807) is 24.3 Å². The maximum Gasteiger partial charge on any atom is 0.339 e. The SMILES string of the molecule is COC(=O)C(O)c1ccc(NC(=O)CCCCN=[N+]=[N-])cc1. The van der Waals surface area contributed by atoms with Crippen LogP contribution in [-0.2, 0) is 14.3 Å². The first-order valence-corrected chi connectivity index (χ1v) is 6.75. The van der Waals surface area contributed by atoms with Crippen molar-refractivity contribution in [3.05, 3.63) is 40.3 Å². The molecule has 0 spiro atoms. The van der Waals surface area contributed by atoms with E-state index in [9.17, 15) is 14.7 Å². The standard InChI is InChI=1S/C14H18N4O4/c1-22-14(21)13(20)10-5-7-11(8-6-10)17-12(19)4-2-3-9-16-18-15/h5-8,13,20H,2-4,9H2,1H3,(H,17,19). The third-order valence-corrected chi connectivity index (χ3v) is 2.91. The number of anilines is 1. The third kappa shape index (κ3) is 5.82. The number of nitrogens with one attached hydrogen (secondary N) is 1. The summed E-state index contributed by atoms with van der Waals surface area (Å²) < 4.78 is 4.44. The van der Waals surface area contributed by atoms with E-state index in [1.165, 1.54) is 7.11 Å². The second-order valence-electron chi connectivity index (χ2n) is 4.51. The summed E-state index contributed by atoms with van der Waals surface area (Å²) in [5.41, 5.74) is 9.07. The van der Waals surface area contributed by atoms with E-state index in [4.69, 9.17) is 5.53 Å². The van der Waals surface area contributed by atoms with E-state index in [0.717, 1.165) is 0 Å². The number of hydrogen-bond donors (Lipinski definition) is 2. The Morgan fingerprint density at radius 1 is 1.36 bits per heavy atom. The number of methoxy groups -OCH3 is 1. The zero-order chi connectivity index (χ0) is 16.4. The Hall–Kier alpha value is -2.57. The van der Waals surface area contributed by atoms with Gasteiger partial charge in [-0.25, -0.2) is 4.79 Å². The van der Waals surface area contributed by atoms with Crippen LogP contribution in [0.15, 0.2) is 29.4 Å². The van der Waals surface area contributed by atoms with Gasteiger partial charge in [0.15, 0.2) is 6.10 Å². The second kappa shape index (κ2) is 9.38. The quantitative estimate of drug-likeness (QED) is 0.251. The zero-order valence-electron chi connectivity index (χ0n) is 12.2. The van der Waals surface area contributed by atoms with Gasteiger partial charge in [-0.15, -0.1) is 0 Å². The predicted molar refractivity (Wildman–Crippen MR) is 79.9 cm³/mol. The van der Waals surface area contributed by atoms with E-state index in [1.807, 2.05) is 0 Å². The Kier molecular flexibility index (Phi) is 7.45. The van der Waals surface area contributed by atoms with E-state index in [0.29, 0.717) is 37.1 Å². The number of hydrogen-bond acceptors (Lipinski definition) is 5. The molecule has 8 heteroatoms. The van der Waals surface area contributed by atoms with Crippen molar-refractivity contribution in [3.63, 3.8) is 0 Å². The molecule has 1 aromatic carbocycles. The van der Waals surface area contributed by atoms with Crippen LogP contribution in [0.25, 0.3) is 10.4 Å². The molecule has 0 saturated heterocycles. The van der Waals surface area contributed by atoms with Crippen molar-refractivity contribution in [3.8, 4) is 0 Å². The molecular weight excluding hydrogens is 288 g/mol. The summed E-state index contributed by atoms with van der Waals surface area (Å²) in [6.45, 7) is 0.379. The molecule has 0 saturated carbocycles. The molecule has 0 radical (unpaired) electrons. The first-order valence-electron chi connectivity index (χ1n) is 6.75. The summed E-state index contributed by atoms with van der Waals surface area (Å²) in [5, 5.41) is 15.7. The molecule has 1 atom stereocenters. The molecule has 0 aliphatic carbocycles. The molecule has 22 heavy (non-hydrogen) atoms. The van der Waals surface area contributed by atoms with Crippen LogP contribution in [0.5, 0.6) is 0 Å². The maximum atomic E-state index is 11.7. The molecule has 8 nitrogen and oxygen atoms in total. The molecule has 0 aliphatic rings. The molecule has 1 unspecified atom stereocenters. The lowest BCUT2D eigenvalue weighted by Gasteiger charge is -2.10. The van der Waals surface area contributed by atoms with Crippen LogP contribution in [0, 0.1) is 0 Å². The summed E-state index contributed by atoms with van der Waals surface area (Å²) in [6, 6.07) is 6.27. The molecule has 2 N–H and O–H groups in total. The van der Waals surface area contributed by atoms with Crippen LogP contribution in [0.1, 0.15) is 30.9 Å². The number of ether oxygens (including phenoxy) is 1. The lowest BCUT2D eigenvalue weighted by atomic mass is 10.1. The minimum absolute atomic E-state index is 0.151. The molecule has 118 valence electrons. The van der Waals surface area contributed by atoms with E-state index in [-0.39, 0.29) is 5.91 Å². The fraction of sp³-hybridized carbons (Fsp3) is 0.429. The number of esters is 1. The molecule has 1 rings (SSSR count). The fourth-order valence-corrected chi connectivity index (χ4v) is 1.73. The number of carbonyl (C=O) groups is 2. The van der Waals surface area contributed by atoms with Gasteiger partial charge in [-0.1, -0.05) is 17.2 Å². The number of azide groups is 1. The number of benzene rings is 1. The van der Waals surface area contributed by atoms with Gasteiger partial charge in [-0.2, -0.15) is 0 Å². The first kappa shape index (κ1) is 17.5. The van der Waals surface area contributed by atoms with Gasteiger partial charge in [0.05, 0.1) is 7.11 Å². The number of rotatable bonds is 8. The minimum Gasteiger partial charge on any atom is -0.467 e. The van der Waals surface area contributed by atoms with Gasteiger partial charge in [0.2, 0.25) is 5.91 Å². The molecule has 0 heterocycles. The Bertz CT molecular complexity index is 552. The fourth-order valence-electron chi connectivity index (χ4n) is 1.73. The van der Waals surface area contributed by atoms with Crippen molar-refractivity contribution in [2.24, 2.45) is 5.11 Å². The van der Waals surface area contributed by atoms with Crippen LogP contribution in [0.4, 0.5) is 5.69 Å². The molecule has 1 aromatic rings. The maximum absolute atomic E-state index is 11.7. The van der Waals surface area contributed by atoms with Gasteiger partial charge >= 0.3 is 5.97 Å². The van der Waals surface area contributed by atoms with Crippen LogP contribution in [-0.4, -0.2) is 30.6 Å². The molecule has 0 aromatic heterocycles. The molecule has 0 aliphatic heterocycles. The van der Waals surface area contributed by atoms with Crippen molar-refractivity contribution < 1.29 is 19.4 Å². The van der Waals surface area contributed by atoms with Crippen molar-refractivity contribution in [2.45, 2.75) is 25.4 Å². The van der Waals surface area contributed by atoms with Gasteiger partial charge < -0.3 is 15.2 Å². The van der Waals surface area contributed by atoms with Crippen LogP contribution < -0.4 is 5.32 Å². The van der Waals surface area contributed by atoms with Crippen LogP contribution >= 0.6 is 0 Å². The van der Waals surface area contributed by atoms with Gasteiger partial charge in [0.25, 0.3) is 0 Å². The minimum atomic E-state index is -1.34. The number of aliphatic hydroxyl groups excluding tert-OH is 1. The summed E-state index contributed by atoms with van der Waals surface area (Å²) in [6.07, 6.45) is 0.273. The number of aliphatic hydroxyl groups is 1. The van der Waals surface area contributed by atoms with Crippen molar-refractivity contribution in [1.82, 2.24) is 0 Å². The summed E-state index contributed by atoms with van der Waals surface area (Å²) in [4.78, 5) is 25.5. The topological polar surface area (TPSA) is 124 Å². The largest absolute Gasteiger partial charge is 0.467 e. The highest BCUT2D eigenvalue weighted by molar-refractivity contribution is 5.90. The van der Waals surface area contributed by atoms with E-state index >= 15 is 0 Å². The van der Waals surface area contributed by atoms with Gasteiger partial charge in [-0.3, -0.25) is 4.79 Å². The average molecular weight is 306 g/mol. The van der Waals surface area contributed by atoms with Crippen LogP contribution in [0.2, 0.25) is 0 Å². The average Bonchev–Trinajstić information content (AvgIpc) is 2.54. The zero-order valence-corrected chi connectivity index (χ0v) is 12.2. The number of nitrogens with zero attached hydrogens (tertiary/aromatic N) is 3. The molecular formula is C14H18N4O4. The molecule has 0 fully saturated rings. The predicted octanol–water partition coefficient (Wildman–Crippen LogP) is 2.31. The van der Waals surface area contributed by atoms with Gasteiger partial charge in [-0.05, 0) is 36.1 Å². The van der Waals surface area contributed by atoms with Gasteiger partial charge in [0.1, 0.15) is 0 Å². The summed E-state index contributed by atoms with van der Waals surface area (Å²) in [5.74, 6) is -0.890. The van der Waals surface area contributed by atoms with Crippen molar-refractivity contribution >= 4 is 17.6 Å². The summed E-state index contributed by atoms with van der Waals surface area (Å²) in [7, 11) is 1.20. The van der Waals surface area contributed by atoms with Crippen LogP contribution in [0.3, 0.4) is 0 Å². The lowest BCUT2D eigenvalue weighted by molar-refractivity contribution is -0.150. The van der Waals surface area contributed by atoms with E-state index < -0.39 is 12.1 Å². The Morgan fingerprint density at radius 3 is 2.64 bits per heavy atom. The highest BCUT2D eigenvalue weighted by atomic mass is 16.5. The lowest BCUT2D eigenvalue weighted by Crippen LogP contribution is -2.14. The smallest absolute Gasteiger partial charge is 0.339 e. The molecule has 0 bridgehead atoms. The van der Waals surface area contributed by atoms with E-state index in [2.05, 4.69) is 20.1 Å². The number of unbranched alkanes of at least 4 members (excludes halogenated alkanes) is 1. The van der Waals surface area contributed by atoms with Crippen molar-refractivity contribution in [2.75, 3.05) is 19.0 Å². The van der Waals surface area contributed by atoms with Crippen molar-refractivity contribution in [1.29, 1.82) is 0 Å². The Balaban J connectivity index is 2.45. The Morgan fingerprint density at radius 2 is 2.05 bits per heavy atom. The normalized spacial score (nSPS) is 11.2. The third-order valence-electron chi connectivity index (χ3n) is 2.91. The highest BCUT2D eigenvalue weighted by Crippen LogP contribution is 2.17. The Labute approximate surface area is 127 Å². The second-order valence-corrected chi connectivity index (χ2v) is 4.51. The number of amides is 1. The number of carbonyl (C=O) groups excluding carboxylic acids is 2. The monoisotopic (exact) mass is 306 g/mol. The molecule has 1 amide bonds. The highest BCUT2D eigenvalue weighted by Gasteiger charge is 2.17. The van der Waals surface area contributed by atoms with Gasteiger partial charge in [0, 0.05) is 23.6 Å².